The van der Waals surface area contributed by atoms with E-state index in [4.69, 9.17) is 11.6 Å². The SMILES string of the molecule is Cn1cc(Cl)c(C(=O)N2CC[C@H]3[C@@H]2CC(=O)N3CCc2cccnc2)n1. The highest BCUT2D eigenvalue weighted by molar-refractivity contribution is 6.33. The Morgan fingerprint density at radius 2 is 2.23 bits per heavy atom. The van der Waals surface area contributed by atoms with Gasteiger partial charge in [0.05, 0.1) is 17.1 Å². The molecule has 2 aromatic heterocycles. The van der Waals surface area contributed by atoms with Crippen molar-refractivity contribution < 1.29 is 9.59 Å². The second kappa shape index (κ2) is 6.72. The number of rotatable bonds is 4. The van der Waals surface area contributed by atoms with Gasteiger partial charge < -0.3 is 9.80 Å². The molecule has 0 aromatic carbocycles. The predicted molar refractivity (Wildman–Crippen MR) is 95.7 cm³/mol. The van der Waals surface area contributed by atoms with Crippen molar-refractivity contribution in [3.8, 4) is 0 Å². The molecule has 7 nitrogen and oxygen atoms in total. The number of carbonyl (C=O) groups is 2. The van der Waals surface area contributed by atoms with E-state index in [1.165, 1.54) is 4.68 Å². The van der Waals surface area contributed by atoms with Gasteiger partial charge in [-0.15, -0.1) is 0 Å². The minimum absolute atomic E-state index is 0.0746. The summed E-state index contributed by atoms with van der Waals surface area (Å²) in [6.45, 7) is 1.27. The number of nitrogens with zero attached hydrogens (tertiary/aromatic N) is 5. The molecule has 2 amide bonds. The summed E-state index contributed by atoms with van der Waals surface area (Å²) in [6.07, 6.45) is 7.11. The highest BCUT2D eigenvalue weighted by Gasteiger charge is 2.48. The van der Waals surface area contributed by atoms with E-state index in [-0.39, 0.29) is 29.6 Å². The van der Waals surface area contributed by atoms with Crippen molar-refractivity contribution in [1.29, 1.82) is 0 Å². The van der Waals surface area contributed by atoms with Crippen LogP contribution < -0.4 is 0 Å². The molecule has 2 aliphatic rings. The van der Waals surface area contributed by atoms with Gasteiger partial charge in [0.25, 0.3) is 5.91 Å². The van der Waals surface area contributed by atoms with Crippen molar-refractivity contribution in [1.82, 2.24) is 24.6 Å². The Bertz CT molecular complexity index is 837. The van der Waals surface area contributed by atoms with Gasteiger partial charge in [0.2, 0.25) is 5.91 Å². The molecule has 0 N–H and O–H groups in total. The van der Waals surface area contributed by atoms with Crippen LogP contribution in [0, 0.1) is 0 Å². The Balaban J connectivity index is 1.46. The van der Waals surface area contributed by atoms with E-state index in [1.54, 1.807) is 24.3 Å². The average molecular weight is 374 g/mol. The number of aromatic nitrogens is 3. The van der Waals surface area contributed by atoms with E-state index in [9.17, 15) is 9.59 Å². The van der Waals surface area contributed by atoms with Gasteiger partial charge in [-0.2, -0.15) is 5.10 Å². The molecule has 0 spiro atoms. The first-order valence-corrected chi connectivity index (χ1v) is 9.11. The van der Waals surface area contributed by atoms with Crippen LogP contribution >= 0.6 is 11.6 Å². The molecule has 26 heavy (non-hydrogen) atoms. The summed E-state index contributed by atoms with van der Waals surface area (Å²) in [6, 6.07) is 3.89. The summed E-state index contributed by atoms with van der Waals surface area (Å²) < 4.78 is 1.53. The van der Waals surface area contributed by atoms with Gasteiger partial charge in [-0.05, 0) is 24.5 Å². The molecular formula is C18H20ClN5O2. The second-order valence-corrected chi connectivity index (χ2v) is 7.23. The lowest BCUT2D eigenvalue weighted by Crippen LogP contribution is -2.40. The summed E-state index contributed by atoms with van der Waals surface area (Å²) >= 11 is 6.12. The van der Waals surface area contributed by atoms with Crippen molar-refractivity contribution in [2.24, 2.45) is 7.05 Å². The van der Waals surface area contributed by atoms with Gasteiger partial charge >= 0.3 is 0 Å². The van der Waals surface area contributed by atoms with Gasteiger partial charge in [0, 0.05) is 45.1 Å². The van der Waals surface area contributed by atoms with Gasteiger partial charge in [-0.25, -0.2) is 0 Å². The number of fused-ring (bicyclic) bond motifs is 1. The summed E-state index contributed by atoms with van der Waals surface area (Å²) in [5.41, 5.74) is 1.37. The highest BCUT2D eigenvalue weighted by atomic mass is 35.5. The topological polar surface area (TPSA) is 71.3 Å². The summed E-state index contributed by atoms with van der Waals surface area (Å²) in [5, 5.41) is 4.52. The van der Waals surface area contributed by atoms with Gasteiger partial charge in [-0.3, -0.25) is 19.3 Å². The molecule has 2 saturated heterocycles. The van der Waals surface area contributed by atoms with E-state index in [0.717, 1.165) is 18.4 Å². The number of aryl methyl sites for hydroxylation is 1. The molecule has 2 fully saturated rings. The summed E-state index contributed by atoms with van der Waals surface area (Å²) in [4.78, 5) is 33.2. The largest absolute Gasteiger partial charge is 0.337 e. The first-order valence-electron chi connectivity index (χ1n) is 8.73. The van der Waals surface area contributed by atoms with Crippen molar-refractivity contribution in [3.63, 3.8) is 0 Å². The Hall–Kier alpha value is -2.41. The fraction of sp³-hybridized carbons (Fsp3) is 0.444. The molecule has 2 aromatic rings. The lowest BCUT2D eigenvalue weighted by Gasteiger charge is -2.25. The lowest BCUT2D eigenvalue weighted by atomic mass is 10.1. The molecule has 136 valence electrons. The molecule has 8 heteroatoms. The summed E-state index contributed by atoms with van der Waals surface area (Å²) in [5.74, 6) is -0.0847. The third-order valence-electron chi connectivity index (χ3n) is 5.23. The van der Waals surface area contributed by atoms with Crippen molar-refractivity contribution in [3.05, 3.63) is 47.0 Å². The minimum Gasteiger partial charge on any atom is -0.337 e. The van der Waals surface area contributed by atoms with E-state index < -0.39 is 0 Å². The number of hydrogen-bond donors (Lipinski definition) is 0. The number of hydrogen-bond acceptors (Lipinski definition) is 4. The monoisotopic (exact) mass is 373 g/mol. The van der Waals surface area contributed by atoms with E-state index in [0.29, 0.717) is 24.5 Å². The Kier molecular flexibility index (Phi) is 4.40. The van der Waals surface area contributed by atoms with Crippen LogP contribution in [-0.2, 0) is 18.3 Å². The maximum Gasteiger partial charge on any atom is 0.276 e. The smallest absolute Gasteiger partial charge is 0.276 e. The Morgan fingerprint density at radius 3 is 2.92 bits per heavy atom. The fourth-order valence-electron chi connectivity index (χ4n) is 4.01. The van der Waals surface area contributed by atoms with Crippen LogP contribution in [0.1, 0.15) is 28.9 Å². The Morgan fingerprint density at radius 1 is 1.38 bits per heavy atom. The van der Waals surface area contributed by atoms with Crippen molar-refractivity contribution in [2.75, 3.05) is 13.1 Å². The zero-order chi connectivity index (χ0) is 18.3. The summed E-state index contributed by atoms with van der Waals surface area (Å²) in [7, 11) is 1.73. The number of amides is 2. The first-order chi connectivity index (χ1) is 12.5. The molecule has 0 aliphatic carbocycles. The van der Waals surface area contributed by atoms with Crippen LogP contribution in [0.25, 0.3) is 0 Å². The normalized spacial score (nSPS) is 22.2. The maximum atomic E-state index is 12.8. The predicted octanol–water partition coefficient (Wildman–Crippen LogP) is 1.53. The molecule has 0 radical (unpaired) electrons. The molecule has 4 heterocycles. The maximum absolute atomic E-state index is 12.8. The molecule has 2 atom stereocenters. The van der Waals surface area contributed by atoms with Crippen LogP contribution in [0.3, 0.4) is 0 Å². The standard InChI is InChI=1S/C18H20ClN5O2/c1-22-11-13(19)17(21-22)18(26)24-8-5-14-15(24)9-16(25)23(14)7-4-12-3-2-6-20-10-12/h2-3,6,10-11,14-15H,4-5,7-9H2,1H3/t14-,15-/m0/s1. The second-order valence-electron chi connectivity index (χ2n) is 6.82. The average Bonchev–Trinajstić information content (AvgIpc) is 3.27. The van der Waals surface area contributed by atoms with Gasteiger partial charge in [0.1, 0.15) is 0 Å². The first kappa shape index (κ1) is 17.0. The van der Waals surface area contributed by atoms with Crippen LogP contribution in [0.5, 0.6) is 0 Å². The number of carbonyl (C=O) groups excluding carboxylic acids is 2. The zero-order valence-corrected chi connectivity index (χ0v) is 15.3. The van der Waals surface area contributed by atoms with E-state index >= 15 is 0 Å². The van der Waals surface area contributed by atoms with Crippen LogP contribution in [0.2, 0.25) is 5.02 Å². The lowest BCUT2D eigenvalue weighted by molar-refractivity contribution is -0.129. The van der Waals surface area contributed by atoms with E-state index in [2.05, 4.69) is 10.1 Å². The third-order valence-corrected chi connectivity index (χ3v) is 5.50. The number of likely N-dealkylation sites (tertiary alicyclic amines) is 2. The number of pyridine rings is 1. The zero-order valence-electron chi connectivity index (χ0n) is 14.5. The van der Waals surface area contributed by atoms with Crippen molar-refractivity contribution >= 4 is 23.4 Å². The third kappa shape index (κ3) is 2.96. The van der Waals surface area contributed by atoms with Crippen LogP contribution in [-0.4, -0.2) is 61.6 Å². The van der Waals surface area contributed by atoms with Gasteiger partial charge in [0.15, 0.2) is 5.69 Å². The van der Waals surface area contributed by atoms with Crippen molar-refractivity contribution in [2.45, 2.75) is 31.3 Å². The Labute approximate surface area is 156 Å². The molecule has 4 rings (SSSR count). The molecule has 0 saturated carbocycles. The molecule has 0 unspecified atom stereocenters. The van der Waals surface area contributed by atoms with Crippen LogP contribution in [0.4, 0.5) is 0 Å². The minimum atomic E-state index is -0.190. The molecule has 2 aliphatic heterocycles. The quantitative estimate of drug-likeness (QED) is 0.814. The highest BCUT2D eigenvalue weighted by Crippen LogP contribution is 2.34. The van der Waals surface area contributed by atoms with Crippen LogP contribution in [0.15, 0.2) is 30.7 Å². The molecule has 0 bridgehead atoms. The number of halogens is 1. The van der Waals surface area contributed by atoms with Gasteiger partial charge in [-0.1, -0.05) is 17.7 Å². The van der Waals surface area contributed by atoms with E-state index in [1.807, 2.05) is 23.2 Å². The fourth-order valence-corrected chi connectivity index (χ4v) is 4.27. The molecular weight excluding hydrogens is 354 g/mol.